The number of hydrogen-bond acceptors (Lipinski definition) is 5. The molecular weight excluding hydrogens is 285 g/mol. The van der Waals surface area contributed by atoms with Crippen LogP contribution in [0.4, 0.5) is 9.18 Å². The van der Waals surface area contributed by atoms with E-state index in [4.69, 9.17) is 10.6 Å². The monoisotopic (exact) mass is 301 g/mol. The molecule has 0 saturated carbocycles. The van der Waals surface area contributed by atoms with Gasteiger partial charge < -0.3 is 15.4 Å². The van der Waals surface area contributed by atoms with E-state index in [9.17, 15) is 18.8 Å². The van der Waals surface area contributed by atoms with Crippen LogP contribution < -0.4 is 5.73 Å². The lowest BCUT2D eigenvalue weighted by Gasteiger charge is -2.26. The molecule has 2 aliphatic heterocycles. The quantitative estimate of drug-likeness (QED) is 0.554. The largest absolute Gasteiger partial charge is 0.462 e. The number of amides is 3. The highest BCUT2D eigenvalue weighted by atomic mass is 19.1. The van der Waals surface area contributed by atoms with Crippen LogP contribution >= 0.6 is 0 Å². The Hall–Kier alpha value is -2.16. The number of nitrogens with zero attached hydrogens (tertiary/aromatic N) is 2. The molecular formula is C12H16FN3O5. The molecule has 0 aromatic carbocycles. The van der Waals surface area contributed by atoms with E-state index >= 15 is 0 Å². The van der Waals surface area contributed by atoms with Gasteiger partial charge in [0.1, 0.15) is 12.1 Å². The fourth-order valence-corrected chi connectivity index (χ4v) is 2.31. The molecule has 3 atom stereocenters. The van der Waals surface area contributed by atoms with Gasteiger partial charge in [-0.25, -0.2) is 18.8 Å². The molecule has 0 spiro atoms. The van der Waals surface area contributed by atoms with Crippen LogP contribution in [0, 0.1) is 0 Å². The Kier molecular flexibility index (Phi) is 4.12. The minimum absolute atomic E-state index is 0.00517. The molecule has 1 saturated heterocycles. The second kappa shape index (κ2) is 5.68. The summed E-state index contributed by atoms with van der Waals surface area (Å²) in [6.07, 6.45) is -0.885. The second-order valence-electron chi connectivity index (χ2n) is 4.71. The van der Waals surface area contributed by atoms with Crippen LogP contribution in [0.1, 0.15) is 13.8 Å². The van der Waals surface area contributed by atoms with Crippen molar-refractivity contribution in [1.29, 1.82) is 0 Å². The molecule has 0 aromatic heterocycles. The van der Waals surface area contributed by atoms with Crippen molar-refractivity contribution < 1.29 is 28.3 Å². The average Bonchev–Trinajstić information content (AvgIpc) is 2.69. The number of carbonyl (C=O) groups is 3. The van der Waals surface area contributed by atoms with Crippen molar-refractivity contribution in [3.05, 3.63) is 11.6 Å². The van der Waals surface area contributed by atoms with Gasteiger partial charge >= 0.3 is 18.4 Å². The predicted molar refractivity (Wildman–Crippen MR) is 67.1 cm³/mol. The first-order chi connectivity index (χ1) is 9.86. The van der Waals surface area contributed by atoms with E-state index in [2.05, 4.69) is 4.74 Å². The zero-order valence-electron chi connectivity index (χ0n) is 11.6. The first-order valence-corrected chi connectivity index (χ1v) is 6.41. The summed E-state index contributed by atoms with van der Waals surface area (Å²) in [4.78, 5) is 40.6. The van der Waals surface area contributed by atoms with Crippen LogP contribution in [0.2, 0.25) is 0 Å². The topological polar surface area (TPSA) is 102 Å². The highest BCUT2D eigenvalue weighted by molar-refractivity contribution is 5.90. The number of primary amides is 1. The molecule has 2 N–H and O–H groups in total. The summed E-state index contributed by atoms with van der Waals surface area (Å²) in [5.74, 6) is -1.90. The van der Waals surface area contributed by atoms with Crippen molar-refractivity contribution in [3.8, 4) is 0 Å². The number of ether oxygens (including phenoxy) is 1. The first-order valence-electron chi connectivity index (χ1n) is 6.41. The van der Waals surface area contributed by atoms with Crippen molar-refractivity contribution in [2.24, 2.45) is 5.73 Å². The Morgan fingerprint density at radius 1 is 1.57 bits per heavy atom. The van der Waals surface area contributed by atoms with E-state index in [1.165, 1.54) is 13.0 Å². The highest BCUT2D eigenvalue weighted by Crippen LogP contribution is 2.30. The van der Waals surface area contributed by atoms with Crippen molar-refractivity contribution in [2.45, 2.75) is 32.3 Å². The molecule has 2 heterocycles. The molecule has 3 amide bonds. The third-order valence-corrected chi connectivity index (χ3v) is 3.34. The van der Waals surface area contributed by atoms with Gasteiger partial charge in [-0.15, -0.1) is 0 Å². The summed E-state index contributed by atoms with van der Waals surface area (Å²) in [7, 11) is 0. The van der Waals surface area contributed by atoms with Gasteiger partial charge in [-0.1, -0.05) is 6.08 Å². The predicted octanol–water partition coefficient (Wildman–Crippen LogP) is -0.303. The zero-order valence-corrected chi connectivity index (χ0v) is 11.6. The molecule has 1 unspecified atom stereocenters. The first kappa shape index (κ1) is 15.2. The van der Waals surface area contributed by atoms with Crippen molar-refractivity contribution in [3.63, 3.8) is 0 Å². The second-order valence-corrected chi connectivity index (χ2v) is 4.71. The number of nitrogens with two attached hydrogens (primary N) is 1. The number of rotatable bonds is 5. The third-order valence-electron chi connectivity index (χ3n) is 3.34. The minimum atomic E-state index is -2.41. The van der Waals surface area contributed by atoms with E-state index < -0.39 is 36.3 Å². The van der Waals surface area contributed by atoms with E-state index in [-0.39, 0.29) is 13.2 Å². The fraction of sp³-hybridized carbons (Fsp3) is 0.583. The van der Waals surface area contributed by atoms with Crippen molar-refractivity contribution in [2.75, 3.05) is 13.2 Å². The summed E-state index contributed by atoms with van der Waals surface area (Å²) < 4.78 is 18.1. The van der Waals surface area contributed by atoms with Gasteiger partial charge in [0, 0.05) is 0 Å². The van der Waals surface area contributed by atoms with Crippen LogP contribution in [-0.2, 0) is 19.2 Å². The molecule has 2 aliphatic rings. The molecule has 0 aromatic rings. The van der Waals surface area contributed by atoms with Crippen LogP contribution in [0.3, 0.4) is 0 Å². The maximum Gasteiger partial charge on any atom is 0.370 e. The normalized spacial score (nSPS) is 25.7. The Labute approximate surface area is 120 Å². The Balaban J connectivity index is 2.14. The van der Waals surface area contributed by atoms with Gasteiger partial charge in [-0.05, 0) is 19.4 Å². The van der Waals surface area contributed by atoms with Gasteiger partial charge in [-0.3, -0.25) is 4.79 Å². The summed E-state index contributed by atoms with van der Waals surface area (Å²) in [6.45, 7) is 3.33. The molecule has 0 radical (unpaired) electrons. The number of carbonyl (C=O) groups excluding carboxylic acids is 3. The number of urea groups is 1. The molecule has 9 heteroatoms. The van der Waals surface area contributed by atoms with Gasteiger partial charge in [0.25, 0.3) is 0 Å². The minimum Gasteiger partial charge on any atom is -0.462 e. The average molecular weight is 301 g/mol. The fourth-order valence-electron chi connectivity index (χ4n) is 2.31. The molecule has 0 aliphatic carbocycles. The molecule has 1 fully saturated rings. The van der Waals surface area contributed by atoms with Crippen LogP contribution in [-0.4, -0.2) is 59.5 Å². The number of esters is 1. The Morgan fingerprint density at radius 3 is 2.81 bits per heavy atom. The zero-order chi connectivity index (χ0) is 15.7. The standard InChI is InChI=1S/C12H16FN3O5/c1-3-20-11(18)9(13)21-16-8-5-15(12(16)19)7(10(14)17)4-6(8)2/h4,7-9H,3,5H2,1-2H3,(H2,14,17)/t7-,8-,9?/m0/s1. The summed E-state index contributed by atoms with van der Waals surface area (Å²) in [5.41, 5.74) is 5.86. The number of hydroxylamine groups is 2. The van der Waals surface area contributed by atoms with Gasteiger partial charge in [0.05, 0.1) is 13.2 Å². The van der Waals surface area contributed by atoms with Crippen LogP contribution in [0.5, 0.6) is 0 Å². The number of fused-ring (bicyclic) bond motifs is 2. The molecule has 2 rings (SSSR count). The van der Waals surface area contributed by atoms with Crippen molar-refractivity contribution in [1.82, 2.24) is 9.96 Å². The van der Waals surface area contributed by atoms with E-state index in [1.54, 1.807) is 6.92 Å². The van der Waals surface area contributed by atoms with Crippen LogP contribution in [0.15, 0.2) is 11.6 Å². The molecule has 21 heavy (non-hydrogen) atoms. The highest BCUT2D eigenvalue weighted by Gasteiger charge is 2.48. The number of hydrogen-bond donors (Lipinski definition) is 1. The summed E-state index contributed by atoms with van der Waals surface area (Å²) in [6, 6.07) is -2.19. The lowest BCUT2D eigenvalue weighted by atomic mass is 10.0. The lowest BCUT2D eigenvalue weighted by molar-refractivity contribution is -0.223. The maximum absolute atomic E-state index is 13.6. The summed E-state index contributed by atoms with van der Waals surface area (Å²) in [5, 5.41) is 0.746. The maximum atomic E-state index is 13.6. The van der Waals surface area contributed by atoms with E-state index in [0.29, 0.717) is 5.57 Å². The number of alkyl halides is 1. The third kappa shape index (κ3) is 2.68. The molecule has 116 valence electrons. The van der Waals surface area contributed by atoms with Crippen molar-refractivity contribution >= 4 is 17.9 Å². The SMILES string of the molecule is CCOC(=O)C(F)ON1C(=O)N2C[C@H]1C(C)=C[C@H]2C(N)=O. The molecule has 2 bridgehead atoms. The smallest absolute Gasteiger partial charge is 0.370 e. The molecule has 8 nitrogen and oxygen atoms in total. The number of halogens is 1. The summed E-state index contributed by atoms with van der Waals surface area (Å²) >= 11 is 0. The van der Waals surface area contributed by atoms with Gasteiger partial charge in [0.2, 0.25) is 5.91 Å². The van der Waals surface area contributed by atoms with Gasteiger partial charge in [0.15, 0.2) is 0 Å². The lowest BCUT2D eigenvalue weighted by Crippen LogP contribution is -2.46. The van der Waals surface area contributed by atoms with Gasteiger partial charge in [-0.2, -0.15) is 5.06 Å². The van der Waals surface area contributed by atoms with E-state index in [1.807, 2.05) is 0 Å². The Bertz CT molecular complexity index is 509. The van der Waals surface area contributed by atoms with Crippen LogP contribution in [0.25, 0.3) is 0 Å². The van der Waals surface area contributed by atoms with E-state index in [0.717, 1.165) is 9.96 Å². The Morgan fingerprint density at radius 2 is 2.24 bits per heavy atom.